The van der Waals surface area contributed by atoms with Crippen molar-refractivity contribution < 1.29 is 4.39 Å². The summed E-state index contributed by atoms with van der Waals surface area (Å²) in [5, 5.41) is 11.8. The molecule has 3 heteroatoms. The maximum Gasteiger partial charge on any atom is 0.146 e. The van der Waals surface area contributed by atoms with Crippen LogP contribution in [-0.2, 0) is 0 Å². The third-order valence-electron chi connectivity index (χ3n) is 2.58. The van der Waals surface area contributed by atoms with Gasteiger partial charge >= 0.3 is 0 Å². The Morgan fingerprint density at radius 2 is 2.14 bits per heavy atom. The van der Waals surface area contributed by atoms with Crippen LogP contribution in [-0.4, -0.2) is 6.54 Å². The fraction of sp³-hybridized carbons (Fsp3) is 0.364. The van der Waals surface area contributed by atoms with Gasteiger partial charge in [-0.25, -0.2) is 4.39 Å². The van der Waals surface area contributed by atoms with Gasteiger partial charge in [-0.3, -0.25) is 0 Å². The molecular weight excluding hydrogens is 179 g/mol. The van der Waals surface area contributed by atoms with Gasteiger partial charge in [0.05, 0.1) is 17.2 Å². The molecule has 14 heavy (non-hydrogen) atoms. The molecule has 2 nitrogen and oxygen atoms in total. The molecular formula is C11H11FN2. The summed E-state index contributed by atoms with van der Waals surface area (Å²) < 4.78 is 13.1. The summed E-state index contributed by atoms with van der Waals surface area (Å²) in [6.07, 6.45) is 1.84. The molecule has 1 fully saturated rings. The molecule has 1 aliphatic carbocycles. The van der Waals surface area contributed by atoms with Crippen LogP contribution in [0.1, 0.15) is 12.8 Å². The zero-order valence-electron chi connectivity index (χ0n) is 7.76. The first-order valence-electron chi connectivity index (χ1n) is 4.65. The summed E-state index contributed by atoms with van der Waals surface area (Å²) in [5.41, 5.74) is 0.247. The van der Waals surface area contributed by atoms with Crippen molar-refractivity contribution in [2.24, 2.45) is 5.41 Å². The molecule has 0 amide bonds. The van der Waals surface area contributed by atoms with Crippen LogP contribution in [0.3, 0.4) is 0 Å². The highest BCUT2D eigenvalue weighted by molar-refractivity contribution is 5.45. The van der Waals surface area contributed by atoms with Gasteiger partial charge in [0, 0.05) is 6.54 Å². The second-order valence-corrected chi connectivity index (χ2v) is 3.73. The Morgan fingerprint density at radius 1 is 1.43 bits per heavy atom. The maximum absolute atomic E-state index is 13.1. The van der Waals surface area contributed by atoms with Crippen LogP contribution in [0.15, 0.2) is 24.3 Å². The van der Waals surface area contributed by atoms with Gasteiger partial charge in [0.15, 0.2) is 0 Å². The molecule has 0 atom stereocenters. The van der Waals surface area contributed by atoms with Crippen LogP contribution in [0.25, 0.3) is 0 Å². The van der Waals surface area contributed by atoms with Crippen LogP contribution in [0.2, 0.25) is 0 Å². The van der Waals surface area contributed by atoms with Gasteiger partial charge < -0.3 is 5.32 Å². The number of nitrogens with one attached hydrogen (secondary N) is 1. The first-order chi connectivity index (χ1) is 6.76. The topological polar surface area (TPSA) is 35.8 Å². The summed E-state index contributed by atoms with van der Waals surface area (Å²) in [4.78, 5) is 0. The summed E-state index contributed by atoms with van der Waals surface area (Å²) in [6.45, 7) is 0.546. The molecule has 0 bridgehead atoms. The van der Waals surface area contributed by atoms with Crippen LogP contribution in [0.4, 0.5) is 10.1 Å². The van der Waals surface area contributed by atoms with Crippen molar-refractivity contribution in [2.75, 3.05) is 11.9 Å². The molecule has 72 valence electrons. The maximum atomic E-state index is 13.1. The minimum absolute atomic E-state index is 0.234. The Balaban J connectivity index is 1.99. The number of hydrogen-bond acceptors (Lipinski definition) is 2. The molecule has 0 aliphatic heterocycles. The number of hydrogen-bond donors (Lipinski definition) is 1. The Labute approximate surface area is 82.4 Å². The van der Waals surface area contributed by atoms with Crippen LogP contribution in [0.5, 0.6) is 0 Å². The fourth-order valence-corrected chi connectivity index (χ4v) is 1.35. The lowest BCUT2D eigenvalue weighted by molar-refractivity contribution is 0.625. The average Bonchev–Trinajstić information content (AvgIpc) is 2.98. The first kappa shape index (κ1) is 9.01. The van der Waals surface area contributed by atoms with E-state index in [-0.39, 0.29) is 11.2 Å². The highest BCUT2D eigenvalue weighted by atomic mass is 19.1. The highest BCUT2D eigenvalue weighted by Crippen LogP contribution is 2.44. The normalized spacial score (nSPS) is 17.1. The Hall–Kier alpha value is -1.56. The molecule has 1 aromatic carbocycles. The van der Waals surface area contributed by atoms with Crippen molar-refractivity contribution in [2.45, 2.75) is 12.8 Å². The molecule has 0 spiro atoms. The Kier molecular flexibility index (Phi) is 2.12. The van der Waals surface area contributed by atoms with E-state index >= 15 is 0 Å². The second-order valence-electron chi connectivity index (χ2n) is 3.73. The minimum Gasteiger partial charge on any atom is -0.381 e. The summed E-state index contributed by atoms with van der Waals surface area (Å²) in [7, 11) is 0. The van der Waals surface area contributed by atoms with Crippen molar-refractivity contribution in [1.82, 2.24) is 0 Å². The zero-order chi connectivity index (χ0) is 10.0. The minimum atomic E-state index is -0.263. The number of anilines is 1. The van der Waals surface area contributed by atoms with Crippen LogP contribution < -0.4 is 5.32 Å². The monoisotopic (exact) mass is 190 g/mol. The van der Waals surface area contributed by atoms with Crippen LogP contribution in [0, 0.1) is 22.6 Å². The number of para-hydroxylation sites is 1. The number of rotatable bonds is 3. The molecule has 1 aromatic rings. The fourth-order valence-electron chi connectivity index (χ4n) is 1.35. The molecule has 1 aliphatic rings. The SMILES string of the molecule is N#CC1(CNc2ccccc2F)CC1. The van der Waals surface area contributed by atoms with Gasteiger partial charge in [-0.15, -0.1) is 0 Å². The van der Waals surface area contributed by atoms with Crippen molar-refractivity contribution >= 4 is 5.69 Å². The van der Waals surface area contributed by atoms with Crippen LogP contribution >= 0.6 is 0 Å². The third-order valence-corrected chi connectivity index (χ3v) is 2.58. The molecule has 0 heterocycles. The number of benzene rings is 1. The summed E-state index contributed by atoms with van der Waals surface area (Å²) in [5.74, 6) is -0.263. The molecule has 1 N–H and O–H groups in total. The lowest BCUT2D eigenvalue weighted by Gasteiger charge is -2.09. The Morgan fingerprint density at radius 3 is 2.71 bits per heavy atom. The van der Waals surface area contributed by atoms with E-state index in [1.165, 1.54) is 6.07 Å². The lowest BCUT2D eigenvalue weighted by Crippen LogP contribution is -2.13. The lowest BCUT2D eigenvalue weighted by atomic mass is 10.1. The molecule has 0 saturated heterocycles. The van der Waals surface area contributed by atoms with Gasteiger partial charge in [-0.1, -0.05) is 12.1 Å². The zero-order valence-corrected chi connectivity index (χ0v) is 7.76. The standard InChI is InChI=1S/C11H11FN2/c12-9-3-1-2-4-10(9)14-8-11(7-13)5-6-11/h1-4,14H,5-6,8H2. The van der Waals surface area contributed by atoms with E-state index in [2.05, 4.69) is 11.4 Å². The molecule has 2 rings (SSSR count). The number of halogens is 1. The van der Waals surface area contributed by atoms with Gasteiger partial charge in [0.25, 0.3) is 0 Å². The smallest absolute Gasteiger partial charge is 0.146 e. The summed E-state index contributed by atoms with van der Waals surface area (Å²) in [6, 6.07) is 8.78. The quantitative estimate of drug-likeness (QED) is 0.795. The van der Waals surface area contributed by atoms with E-state index in [4.69, 9.17) is 5.26 Å². The molecule has 0 radical (unpaired) electrons. The largest absolute Gasteiger partial charge is 0.381 e. The number of nitriles is 1. The Bertz CT molecular complexity index is 377. The van der Waals surface area contributed by atoms with Crippen molar-refractivity contribution in [3.05, 3.63) is 30.1 Å². The van der Waals surface area contributed by atoms with E-state index in [1.54, 1.807) is 18.2 Å². The van der Waals surface area contributed by atoms with Gasteiger partial charge in [0.1, 0.15) is 5.82 Å². The van der Waals surface area contributed by atoms with E-state index in [9.17, 15) is 4.39 Å². The van der Waals surface area contributed by atoms with E-state index < -0.39 is 0 Å². The van der Waals surface area contributed by atoms with Crippen molar-refractivity contribution in [3.63, 3.8) is 0 Å². The van der Waals surface area contributed by atoms with E-state index in [0.29, 0.717) is 12.2 Å². The molecule has 0 unspecified atom stereocenters. The van der Waals surface area contributed by atoms with Gasteiger partial charge in [0.2, 0.25) is 0 Å². The first-order valence-corrected chi connectivity index (χ1v) is 4.65. The third kappa shape index (κ3) is 1.69. The van der Waals surface area contributed by atoms with Crippen molar-refractivity contribution in [3.8, 4) is 6.07 Å². The second kappa shape index (κ2) is 3.30. The van der Waals surface area contributed by atoms with Gasteiger partial charge in [-0.05, 0) is 25.0 Å². The number of nitrogens with zero attached hydrogens (tertiary/aromatic N) is 1. The predicted octanol–water partition coefficient (Wildman–Crippen LogP) is 2.54. The average molecular weight is 190 g/mol. The van der Waals surface area contributed by atoms with E-state index in [1.807, 2.05) is 0 Å². The predicted molar refractivity (Wildman–Crippen MR) is 52.2 cm³/mol. The summed E-state index contributed by atoms with van der Waals surface area (Å²) >= 11 is 0. The molecule has 1 saturated carbocycles. The van der Waals surface area contributed by atoms with Crippen molar-refractivity contribution in [1.29, 1.82) is 5.26 Å². The van der Waals surface area contributed by atoms with E-state index in [0.717, 1.165) is 12.8 Å². The highest BCUT2D eigenvalue weighted by Gasteiger charge is 2.42. The van der Waals surface area contributed by atoms with Gasteiger partial charge in [-0.2, -0.15) is 5.26 Å². The molecule has 0 aromatic heterocycles.